The van der Waals surface area contributed by atoms with Crippen LogP contribution in [0.3, 0.4) is 0 Å². The van der Waals surface area contributed by atoms with Gasteiger partial charge >= 0.3 is 0 Å². The van der Waals surface area contributed by atoms with Crippen LogP contribution in [0.1, 0.15) is 31.7 Å². The van der Waals surface area contributed by atoms with Gasteiger partial charge in [0.05, 0.1) is 4.90 Å². The van der Waals surface area contributed by atoms with Gasteiger partial charge in [-0.2, -0.15) is 4.31 Å². The number of hydrogen-bond donors (Lipinski definition) is 1. The molecule has 1 aromatic rings. The number of hydrogen-bond acceptors (Lipinski definition) is 4. The second-order valence-electron chi connectivity index (χ2n) is 6.90. The molecule has 1 amide bonds. The van der Waals surface area contributed by atoms with Gasteiger partial charge in [-0.3, -0.25) is 4.79 Å². The van der Waals surface area contributed by atoms with Gasteiger partial charge in [-0.05, 0) is 43.9 Å². The number of amides is 1. The maximum Gasteiger partial charge on any atom is 0.243 e. The van der Waals surface area contributed by atoms with Crippen molar-refractivity contribution in [1.29, 1.82) is 0 Å². The zero-order valence-corrected chi connectivity index (χ0v) is 15.6. The van der Waals surface area contributed by atoms with Crippen LogP contribution >= 0.6 is 0 Å². The second-order valence-corrected chi connectivity index (χ2v) is 8.83. The Morgan fingerprint density at radius 1 is 1.16 bits per heavy atom. The lowest BCUT2D eigenvalue weighted by Crippen LogP contribution is -2.52. The van der Waals surface area contributed by atoms with Crippen LogP contribution in [0.2, 0.25) is 0 Å². The Hall–Kier alpha value is -1.44. The minimum Gasteiger partial charge on any atom is -0.337 e. The quantitative estimate of drug-likeness (QED) is 0.852. The van der Waals surface area contributed by atoms with Crippen molar-refractivity contribution in [3.63, 3.8) is 0 Å². The normalized spacial score (nSPS) is 22.3. The van der Waals surface area contributed by atoms with Crippen LogP contribution in [0.4, 0.5) is 0 Å². The summed E-state index contributed by atoms with van der Waals surface area (Å²) in [6.07, 6.45) is 2.97. The Kier molecular flexibility index (Phi) is 5.76. The summed E-state index contributed by atoms with van der Waals surface area (Å²) in [6, 6.07) is 7.23. The van der Waals surface area contributed by atoms with Crippen molar-refractivity contribution < 1.29 is 13.2 Å². The van der Waals surface area contributed by atoms with Gasteiger partial charge in [0.2, 0.25) is 15.9 Å². The Labute approximate surface area is 150 Å². The molecule has 2 fully saturated rings. The van der Waals surface area contributed by atoms with E-state index in [1.54, 1.807) is 16.4 Å². The molecule has 3 rings (SSSR count). The van der Waals surface area contributed by atoms with Gasteiger partial charge in [-0.15, -0.1) is 0 Å². The molecule has 0 bridgehead atoms. The molecule has 25 heavy (non-hydrogen) atoms. The van der Waals surface area contributed by atoms with Crippen LogP contribution in [0.15, 0.2) is 29.2 Å². The van der Waals surface area contributed by atoms with Crippen molar-refractivity contribution in [2.24, 2.45) is 0 Å². The summed E-state index contributed by atoms with van der Waals surface area (Å²) in [6.45, 7) is 5.73. The average Bonchev–Trinajstić information content (AvgIpc) is 3.16. The minimum atomic E-state index is -3.36. The predicted octanol–water partition coefficient (Wildman–Crippen LogP) is 1.22. The minimum absolute atomic E-state index is 0.169. The van der Waals surface area contributed by atoms with Crippen LogP contribution < -0.4 is 5.32 Å². The molecule has 138 valence electrons. The summed E-state index contributed by atoms with van der Waals surface area (Å²) in [7, 11) is -3.36. The van der Waals surface area contributed by atoms with Crippen molar-refractivity contribution in [3.8, 4) is 0 Å². The lowest BCUT2D eigenvalue weighted by atomic mass is 10.1. The lowest BCUT2D eigenvalue weighted by Gasteiger charge is -2.34. The number of rotatable bonds is 5. The maximum absolute atomic E-state index is 12.5. The number of benzene rings is 1. The van der Waals surface area contributed by atoms with Gasteiger partial charge in [0.15, 0.2) is 0 Å². The third-order valence-corrected chi connectivity index (χ3v) is 6.99. The highest BCUT2D eigenvalue weighted by Gasteiger charge is 2.27. The topological polar surface area (TPSA) is 69.7 Å². The standard InChI is InChI=1S/C18H27N3O3S/c1-15-14-19-10-13-21(15)18(22)9-6-16-4-7-17(8-5-16)25(23,24)20-11-2-3-12-20/h4-5,7-8,15,19H,2-3,6,9-14H2,1H3/t15-/m0/s1. The van der Waals surface area contributed by atoms with Gasteiger partial charge in [-0.1, -0.05) is 12.1 Å². The molecule has 1 atom stereocenters. The Morgan fingerprint density at radius 3 is 2.48 bits per heavy atom. The monoisotopic (exact) mass is 365 g/mol. The van der Waals surface area contributed by atoms with Crippen LogP contribution in [-0.4, -0.2) is 62.3 Å². The summed E-state index contributed by atoms with van der Waals surface area (Å²) < 4.78 is 26.6. The molecule has 7 heteroatoms. The fourth-order valence-corrected chi connectivity index (χ4v) is 5.03. The largest absolute Gasteiger partial charge is 0.337 e. The molecule has 0 aromatic heterocycles. The summed E-state index contributed by atoms with van der Waals surface area (Å²) in [5.74, 6) is 0.169. The first kappa shape index (κ1) is 18.4. The fraction of sp³-hybridized carbons (Fsp3) is 0.611. The predicted molar refractivity (Wildman–Crippen MR) is 96.8 cm³/mol. The summed E-state index contributed by atoms with van der Waals surface area (Å²) in [4.78, 5) is 14.7. The molecule has 2 heterocycles. The van der Waals surface area contributed by atoms with Gasteiger partial charge in [0.25, 0.3) is 0 Å². The molecule has 0 saturated carbocycles. The molecular weight excluding hydrogens is 338 g/mol. The van der Waals surface area contributed by atoms with E-state index >= 15 is 0 Å². The highest BCUT2D eigenvalue weighted by molar-refractivity contribution is 7.89. The molecule has 0 unspecified atom stereocenters. The first-order valence-corrected chi connectivity index (χ1v) is 10.5. The first-order valence-electron chi connectivity index (χ1n) is 9.08. The highest BCUT2D eigenvalue weighted by Crippen LogP contribution is 2.21. The maximum atomic E-state index is 12.5. The van der Waals surface area contributed by atoms with Crippen molar-refractivity contribution in [3.05, 3.63) is 29.8 Å². The molecule has 2 aliphatic heterocycles. The fourth-order valence-electron chi connectivity index (χ4n) is 3.51. The van der Waals surface area contributed by atoms with E-state index in [9.17, 15) is 13.2 Å². The van der Waals surface area contributed by atoms with Gasteiger partial charge in [0, 0.05) is 45.2 Å². The Morgan fingerprint density at radius 2 is 1.84 bits per heavy atom. The smallest absolute Gasteiger partial charge is 0.243 e. The Balaban J connectivity index is 1.58. The number of piperazine rings is 1. The van der Waals surface area contributed by atoms with E-state index in [1.165, 1.54) is 0 Å². The van der Waals surface area contributed by atoms with Gasteiger partial charge in [0.1, 0.15) is 0 Å². The van der Waals surface area contributed by atoms with Gasteiger partial charge in [-0.25, -0.2) is 8.42 Å². The molecule has 0 spiro atoms. The van der Waals surface area contributed by atoms with E-state index in [0.29, 0.717) is 30.8 Å². The van der Waals surface area contributed by atoms with E-state index in [2.05, 4.69) is 12.2 Å². The number of nitrogens with zero attached hydrogens (tertiary/aromatic N) is 2. The van der Waals surface area contributed by atoms with Crippen LogP contribution in [0.25, 0.3) is 0 Å². The van der Waals surface area contributed by atoms with Crippen molar-refractivity contribution in [1.82, 2.24) is 14.5 Å². The molecule has 0 radical (unpaired) electrons. The van der Waals surface area contributed by atoms with Gasteiger partial charge < -0.3 is 10.2 Å². The zero-order chi connectivity index (χ0) is 17.9. The third-order valence-electron chi connectivity index (χ3n) is 5.08. The molecule has 6 nitrogen and oxygen atoms in total. The van der Waals surface area contributed by atoms with Crippen molar-refractivity contribution >= 4 is 15.9 Å². The second kappa shape index (κ2) is 7.85. The SMILES string of the molecule is C[C@H]1CNCCN1C(=O)CCc1ccc(S(=O)(=O)N2CCCC2)cc1. The molecule has 2 aliphatic rings. The van der Waals surface area contributed by atoms with E-state index < -0.39 is 10.0 Å². The van der Waals surface area contributed by atoms with Crippen LogP contribution in [-0.2, 0) is 21.2 Å². The number of carbonyl (C=O) groups is 1. The Bertz CT molecular complexity index is 697. The lowest BCUT2D eigenvalue weighted by molar-refractivity contribution is -0.133. The van der Waals surface area contributed by atoms with E-state index in [4.69, 9.17) is 0 Å². The van der Waals surface area contributed by atoms with Crippen molar-refractivity contribution in [2.75, 3.05) is 32.7 Å². The number of aryl methyl sites for hydroxylation is 1. The average molecular weight is 365 g/mol. The zero-order valence-electron chi connectivity index (χ0n) is 14.8. The molecule has 2 saturated heterocycles. The van der Waals surface area contributed by atoms with Crippen molar-refractivity contribution in [2.45, 2.75) is 43.5 Å². The van der Waals surface area contributed by atoms with E-state index in [0.717, 1.165) is 38.0 Å². The molecular formula is C18H27N3O3S. The van der Waals surface area contributed by atoms with E-state index in [-0.39, 0.29) is 11.9 Å². The number of sulfonamides is 1. The first-order chi connectivity index (χ1) is 12.0. The third kappa shape index (κ3) is 4.22. The summed E-state index contributed by atoms with van der Waals surface area (Å²) in [5.41, 5.74) is 0.997. The van der Waals surface area contributed by atoms with E-state index in [1.807, 2.05) is 17.0 Å². The summed E-state index contributed by atoms with van der Waals surface area (Å²) in [5, 5.41) is 3.28. The molecule has 0 aliphatic carbocycles. The highest BCUT2D eigenvalue weighted by atomic mass is 32.2. The van der Waals surface area contributed by atoms with Crippen LogP contribution in [0.5, 0.6) is 0 Å². The number of carbonyl (C=O) groups excluding carboxylic acids is 1. The molecule has 1 N–H and O–H groups in total. The summed E-state index contributed by atoms with van der Waals surface area (Å²) >= 11 is 0. The number of nitrogens with one attached hydrogen (secondary N) is 1. The van der Waals surface area contributed by atoms with Crippen LogP contribution in [0, 0.1) is 0 Å². The molecule has 1 aromatic carbocycles.